The molecule has 0 saturated heterocycles. The summed E-state index contributed by atoms with van der Waals surface area (Å²) in [7, 11) is 0. The first-order valence-corrected chi connectivity index (χ1v) is 4.04. The van der Waals surface area contributed by atoms with Gasteiger partial charge in [0.2, 0.25) is 0 Å². The van der Waals surface area contributed by atoms with Gasteiger partial charge in [-0.1, -0.05) is 6.07 Å². The molecule has 1 aromatic rings. The number of benzene rings is 1. The number of fused-ring (bicyclic) bond motifs is 1. The Bertz CT molecular complexity index is 261. The van der Waals surface area contributed by atoms with E-state index in [0.29, 0.717) is 0 Å². The van der Waals surface area contributed by atoms with Crippen LogP contribution in [-0.2, 0) is 12.8 Å². The summed E-state index contributed by atoms with van der Waals surface area (Å²) in [6.07, 6.45) is 2.53. The van der Waals surface area contributed by atoms with Crippen LogP contribution in [0.15, 0.2) is 17.0 Å². The van der Waals surface area contributed by atoms with E-state index < -0.39 is 0 Å². The largest absolute Gasteiger partial charge is 0.143 e. The van der Waals surface area contributed by atoms with Crippen molar-refractivity contribution in [1.82, 2.24) is 0 Å². The van der Waals surface area contributed by atoms with Gasteiger partial charge in [0.25, 0.3) is 0 Å². The van der Waals surface area contributed by atoms with E-state index in [-0.39, 0.29) is 0 Å². The van der Waals surface area contributed by atoms with Crippen LogP contribution >= 0.6 is 12.6 Å². The van der Waals surface area contributed by atoms with Crippen LogP contribution in [0.1, 0.15) is 16.7 Å². The second-order valence-electron chi connectivity index (χ2n) is 2.85. The fourth-order valence-electron chi connectivity index (χ4n) is 1.47. The van der Waals surface area contributed by atoms with Gasteiger partial charge in [-0.2, -0.15) is 0 Å². The highest BCUT2D eigenvalue weighted by Crippen LogP contribution is 2.29. The molecule has 0 amide bonds. The van der Waals surface area contributed by atoms with Crippen molar-refractivity contribution in [2.75, 3.05) is 0 Å². The second kappa shape index (κ2) is 2.03. The zero-order valence-corrected chi connectivity index (χ0v) is 6.91. The SMILES string of the molecule is Cc1c(S)ccc2c1CC2. The van der Waals surface area contributed by atoms with Gasteiger partial charge in [0.1, 0.15) is 0 Å². The summed E-state index contributed by atoms with van der Waals surface area (Å²) in [6, 6.07) is 4.28. The average molecular weight is 150 g/mol. The highest BCUT2D eigenvalue weighted by Gasteiger charge is 2.15. The highest BCUT2D eigenvalue weighted by atomic mass is 32.1. The molecule has 0 radical (unpaired) electrons. The van der Waals surface area contributed by atoms with Crippen molar-refractivity contribution < 1.29 is 0 Å². The van der Waals surface area contributed by atoms with Gasteiger partial charge in [-0.3, -0.25) is 0 Å². The number of aryl methyl sites for hydroxylation is 1. The number of hydrogen-bond donors (Lipinski definition) is 1. The molecule has 1 aromatic carbocycles. The predicted octanol–water partition coefficient (Wildman–Crippen LogP) is 2.38. The molecule has 0 aromatic heterocycles. The molecule has 0 atom stereocenters. The molecular formula is C9H10S. The first-order valence-electron chi connectivity index (χ1n) is 3.59. The van der Waals surface area contributed by atoms with E-state index in [2.05, 4.69) is 31.7 Å². The van der Waals surface area contributed by atoms with Crippen molar-refractivity contribution in [2.24, 2.45) is 0 Å². The molecule has 1 aliphatic rings. The summed E-state index contributed by atoms with van der Waals surface area (Å²) >= 11 is 4.35. The molecule has 10 heavy (non-hydrogen) atoms. The third kappa shape index (κ3) is 0.702. The van der Waals surface area contributed by atoms with Crippen LogP contribution in [0.2, 0.25) is 0 Å². The van der Waals surface area contributed by atoms with Gasteiger partial charge in [0.15, 0.2) is 0 Å². The van der Waals surface area contributed by atoms with Crippen LogP contribution in [0.25, 0.3) is 0 Å². The van der Waals surface area contributed by atoms with Gasteiger partial charge in [0.05, 0.1) is 0 Å². The van der Waals surface area contributed by atoms with Gasteiger partial charge in [-0.25, -0.2) is 0 Å². The Morgan fingerprint density at radius 2 is 2.10 bits per heavy atom. The molecule has 52 valence electrons. The Morgan fingerprint density at radius 1 is 1.30 bits per heavy atom. The summed E-state index contributed by atoms with van der Waals surface area (Å²) in [5, 5.41) is 0. The fourth-order valence-corrected chi connectivity index (χ4v) is 1.68. The smallest absolute Gasteiger partial charge is 0.00721 e. The monoisotopic (exact) mass is 150 g/mol. The van der Waals surface area contributed by atoms with Gasteiger partial charge < -0.3 is 0 Å². The first-order chi connectivity index (χ1) is 4.79. The van der Waals surface area contributed by atoms with E-state index in [1.165, 1.54) is 29.5 Å². The predicted molar refractivity (Wildman–Crippen MR) is 45.8 cm³/mol. The van der Waals surface area contributed by atoms with Crippen molar-refractivity contribution in [3.63, 3.8) is 0 Å². The molecule has 1 aliphatic carbocycles. The second-order valence-corrected chi connectivity index (χ2v) is 3.33. The Hall–Kier alpha value is -0.430. The fraction of sp³-hybridized carbons (Fsp3) is 0.333. The van der Waals surface area contributed by atoms with Crippen LogP contribution in [0.5, 0.6) is 0 Å². The van der Waals surface area contributed by atoms with E-state index in [1.54, 1.807) is 0 Å². The van der Waals surface area contributed by atoms with Crippen molar-refractivity contribution in [3.05, 3.63) is 28.8 Å². The number of thiol groups is 1. The lowest BCUT2D eigenvalue weighted by atomic mass is 9.85. The molecule has 0 heterocycles. The van der Waals surface area contributed by atoms with Crippen molar-refractivity contribution in [2.45, 2.75) is 24.7 Å². The molecule has 1 heteroatoms. The van der Waals surface area contributed by atoms with Crippen LogP contribution in [0.3, 0.4) is 0 Å². The van der Waals surface area contributed by atoms with Crippen LogP contribution in [-0.4, -0.2) is 0 Å². The molecule has 0 N–H and O–H groups in total. The van der Waals surface area contributed by atoms with Crippen LogP contribution < -0.4 is 0 Å². The molecule has 0 saturated carbocycles. The van der Waals surface area contributed by atoms with E-state index in [4.69, 9.17) is 0 Å². The lowest BCUT2D eigenvalue weighted by molar-refractivity contribution is 0.818. The van der Waals surface area contributed by atoms with Crippen LogP contribution in [0, 0.1) is 6.92 Å². The molecule has 0 fully saturated rings. The highest BCUT2D eigenvalue weighted by molar-refractivity contribution is 7.80. The molecule has 0 unspecified atom stereocenters. The van der Waals surface area contributed by atoms with Gasteiger partial charge in [-0.05, 0) is 42.5 Å². The molecule has 0 bridgehead atoms. The van der Waals surface area contributed by atoms with E-state index in [9.17, 15) is 0 Å². The van der Waals surface area contributed by atoms with Gasteiger partial charge >= 0.3 is 0 Å². The average Bonchev–Trinajstić information content (AvgIpc) is 1.82. The minimum atomic E-state index is 1.14. The Balaban J connectivity index is 2.66. The lowest BCUT2D eigenvalue weighted by Crippen LogP contribution is -2.10. The first kappa shape index (κ1) is 6.29. The quantitative estimate of drug-likeness (QED) is 0.539. The van der Waals surface area contributed by atoms with Crippen LogP contribution in [0.4, 0.5) is 0 Å². The maximum Gasteiger partial charge on any atom is 0.00721 e. The Kier molecular flexibility index (Phi) is 1.27. The molecule has 2 rings (SSSR count). The van der Waals surface area contributed by atoms with Crippen molar-refractivity contribution in [1.29, 1.82) is 0 Å². The van der Waals surface area contributed by atoms with Crippen molar-refractivity contribution >= 4 is 12.6 Å². The summed E-state index contributed by atoms with van der Waals surface area (Å²) < 4.78 is 0. The minimum absolute atomic E-state index is 1.14. The van der Waals surface area contributed by atoms with E-state index in [1.807, 2.05) is 0 Å². The molecule has 0 spiro atoms. The van der Waals surface area contributed by atoms with E-state index >= 15 is 0 Å². The Morgan fingerprint density at radius 3 is 2.60 bits per heavy atom. The summed E-state index contributed by atoms with van der Waals surface area (Å²) in [4.78, 5) is 1.14. The summed E-state index contributed by atoms with van der Waals surface area (Å²) in [6.45, 7) is 2.15. The van der Waals surface area contributed by atoms with Gasteiger partial charge in [0, 0.05) is 4.90 Å². The maximum atomic E-state index is 4.35. The normalized spacial score (nSPS) is 14.2. The Labute approximate surface area is 66.7 Å². The van der Waals surface area contributed by atoms with E-state index in [0.717, 1.165) is 4.90 Å². The molecule has 0 nitrogen and oxygen atoms in total. The third-order valence-electron chi connectivity index (χ3n) is 2.31. The van der Waals surface area contributed by atoms with Gasteiger partial charge in [-0.15, -0.1) is 12.6 Å². The zero-order chi connectivity index (χ0) is 7.14. The maximum absolute atomic E-state index is 4.35. The standard InChI is InChI=1S/C9H10S/c1-6-8-4-2-7(8)3-5-9(6)10/h3,5,10H,2,4H2,1H3. The minimum Gasteiger partial charge on any atom is -0.143 e. The third-order valence-corrected chi connectivity index (χ3v) is 2.80. The topological polar surface area (TPSA) is 0 Å². The number of hydrogen-bond acceptors (Lipinski definition) is 1. The summed E-state index contributed by atoms with van der Waals surface area (Å²) in [5.41, 5.74) is 4.44. The molecule has 0 aliphatic heterocycles. The molecular weight excluding hydrogens is 140 g/mol. The summed E-state index contributed by atoms with van der Waals surface area (Å²) in [5.74, 6) is 0. The van der Waals surface area contributed by atoms with Crippen molar-refractivity contribution in [3.8, 4) is 0 Å². The zero-order valence-electron chi connectivity index (χ0n) is 6.02. The number of rotatable bonds is 0. The lowest BCUT2D eigenvalue weighted by Gasteiger charge is -2.21.